The maximum absolute atomic E-state index is 12.1. The van der Waals surface area contributed by atoms with Crippen LogP contribution in [0.1, 0.15) is 54.4 Å². The van der Waals surface area contributed by atoms with Crippen LogP contribution in [0.5, 0.6) is 5.75 Å². The minimum Gasteiger partial charge on any atom is -0.508 e. The van der Waals surface area contributed by atoms with Crippen molar-refractivity contribution in [3.05, 3.63) is 29.3 Å². The summed E-state index contributed by atoms with van der Waals surface area (Å²) >= 11 is 0. The molecule has 0 bridgehead atoms. The Balaban J connectivity index is 1.73. The fourth-order valence-electron chi connectivity index (χ4n) is 2.90. The van der Waals surface area contributed by atoms with E-state index in [-0.39, 0.29) is 11.7 Å². The highest BCUT2D eigenvalue weighted by Crippen LogP contribution is 2.19. The maximum Gasteiger partial charge on any atom is 0.251 e. The molecule has 116 valence electrons. The summed E-state index contributed by atoms with van der Waals surface area (Å²) < 4.78 is 0. The Kier molecular flexibility index (Phi) is 6.05. The molecular weight excluding hydrogens is 264 g/mol. The molecule has 4 heteroatoms. The van der Waals surface area contributed by atoms with Crippen LogP contribution < -0.4 is 10.6 Å². The Labute approximate surface area is 126 Å². The number of hydrogen-bond donors (Lipinski definition) is 3. The van der Waals surface area contributed by atoms with Crippen LogP contribution in [0.3, 0.4) is 0 Å². The Bertz CT molecular complexity index is 466. The van der Waals surface area contributed by atoms with E-state index in [1.165, 1.54) is 38.5 Å². The van der Waals surface area contributed by atoms with Gasteiger partial charge in [0, 0.05) is 30.3 Å². The second-order valence-corrected chi connectivity index (χ2v) is 5.85. The fraction of sp³-hybridized carbons (Fsp3) is 0.588. The van der Waals surface area contributed by atoms with Gasteiger partial charge in [-0.3, -0.25) is 4.79 Å². The summed E-state index contributed by atoms with van der Waals surface area (Å²) in [6.07, 6.45) is 7.83. The molecule has 0 unspecified atom stereocenters. The number of benzene rings is 1. The van der Waals surface area contributed by atoms with Gasteiger partial charge in [-0.15, -0.1) is 0 Å². The molecule has 4 nitrogen and oxygen atoms in total. The lowest BCUT2D eigenvalue weighted by atomic mass is 10.1. The van der Waals surface area contributed by atoms with Crippen LogP contribution in [-0.4, -0.2) is 30.1 Å². The molecule has 0 saturated heterocycles. The van der Waals surface area contributed by atoms with Crippen molar-refractivity contribution in [1.29, 1.82) is 0 Å². The molecule has 0 heterocycles. The third-order valence-electron chi connectivity index (χ3n) is 4.25. The molecule has 0 radical (unpaired) electrons. The van der Waals surface area contributed by atoms with Gasteiger partial charge in [0.15, 0.2) is 0 Å². The predicted molar refractivity (Wildman–Crippen MR) is 84.7 cm³/mol. The first kappa shape index (κ1) is 15.8. The van der Waals surface area contributed by atoms with E-state index in [9.17, 15) is 9.90 Å². The molecule has 0 aliphatic heterocycles. The van der Waals surface area contributed by atoms with Crippen molar-refractivity contribution >= 4 is 5.91 Å². The van der Waals surface area contributed by atoms with E-state index in [0.717, 1.165) is 6.54 Å². The number of carbonyl (C=O) groups excluding carboxylic acids is 1. The first-order valence-electron chi connectivity index (χ1n) is 7.98. The van der Waals surface area contributed by atoms with Crippen LogP contribution in [0, 0.1) is 6.92 Å². The average molecular weight is 290 g/mol. The Hall–Kier alpha value is -1.55. The van der Waals surface area contributed by atoms with Crippen LogP contribution in [0.25, 0.3) is 0 Å². The largest absolute Gasteiger partial charge is 0.508 e. The normalized spacial score (nSPS) is 16.4. The van der Waals surface area contributed by atoms with Gasteiger partial charge in [-0.05, 0) is 31.9 Å². The quantitative estimate of drug-likeness (QED) is 0.577. The van der Waals surface area contributed by atoms with Gasteiger partial charge in [-0.2, -0.15) is 0 Å². The second kappa shape index (κ2) is 8.03. The van der Waals surface area contributed by atoms with Gasteiger partial charge in [-0.1, -0.05) is 31.7 Å². The van der Waals surface area contributed by atoms with Gasteiger partial charge in [0.1, 0.15) is 5.75 Å². The smallest absolute Gasteiger partial charge is 0.251 e. The van der Waals surface area contributed by atoms with Crippen molar-refractivity contribution in [3.8, 4) is 5.75 Å². The van der Waals surface area contributed by atoms with E-state index < -0.39 is 0 Å². The number of phenolic OH excluding ortho intramolecular Hbond substituents is 1. The van der Waals surface area contributed by atoms with Gasteiger partial charge in [0.25, 0.3) is 5.91 Å². The molecule has 1 aromatic carbocycles. The molecule has 0 spiro atoms. The topological polar surface area (TPSA) is 61.4 Å². The molecule has 21 heavy (non-hydrogen) atoms. The third-order valence-corrected chi connectivity index (χ3v) is 4.25. The van der Waals surface area contributed by atoms with Crippen LogP contribution >= 0.6 is 0 Å². The summed E-state index contributed by atoms with van der Waals surface area (Å²) in [5, 5.41) is 16.1. The van der Waals surface area contributed by atoms with Crippen LogP contribution in [0.15, 0.2) is 18.2 Å². The molecule has 0 atom stereocenters. The summed E-state index contributed by atoms with van der Waals surface area (Å²) in [5.74, 6) is 0.0466. The summed E-state index contributed by atoms with van der Waals surface area (Å²) in [4.78, 5) is 12.1. The SMILES string of the molecule is Cc1c(O)cccc1C(=O)NCCNC1CCCCCC1. The van der Waals surface area contributed by atoms with Gasteiger partial charge in [0.2, 0.25) is 0 Å². The Morgan fingerprint density at radius 2 is 1.90 bits per heavy atom. The first-order valence-corrected chi connectivity index (χ1v) is 7.98. The first-order chi connectivity index (χ1) is 10.2. The minimum absolute atomic E-state index is 0.119. The summed E-state index contributed by atoms with van der Waals surface area (Å²) in [5.41, 5.74) is 1.18. The van der Waals surface area contributed by atoms with E-state index in [2.05, 4.69) is 10.6 Å². The summed E-state index contributed by atoms with van der Waals surface area (Å²) in [7, 11) is 0. The van der Waals surface area contributed by atoms with Gasteiger partial charge >= 0.3 is 0 Å². The number of aromatic hydroxyl groups is 1. The highest BCUT2D eigenvalue weighted by Gasteiger charge is 2.12. The molecule has 1 amide bonds. The van der Waals surface area contributed by atoms with Crippen molar-refractivity contribution in [1.82, 2.24) is 10.6 Å². The second-order valence-electron chi connectivity index (χ2n) is 5.85. The van der Waals surface area contributed by atoms with E-state index >= 15 is 0 Å². The lowest BCUT2D eigenvalue weighted by Gasteiger charge is -2.16. The Morgan fingerprint density at radius 3 is 2.62 bits per heavy atom. The number of carbonyl (C=O) groups is 1. The van der Waals surface area contributed by atoms with E-state index in [4.69, 9.17) is 0 Å². The molecular formula is C17H26N2O2. The number of amides is 1. The highest BCUT2D eigenvalue weighted by molar-refractivity contribution is 5.96. The third kappa shape index (κ3) is 4.74. The van der Waals surface area contributed by atoms with Crippen molar-refractivity contribution in [2.24, 2.45) is 0 Å². The minimum atomic E-state index is -0.119. The average Bonchev–Trinajstić information content (AvgIpc) is 2.75. The van der Waals surface area contributed by atoms with Crippen LogP contribution in [-0.2, 0) is 0 Å². The zero-order valence-corrected chi connectivity index (χ0v) is 12.8. The standard InChI is InChI=1S/C17H26N2O2/c1-13-15(9-6-10-16(13)20)17(21)19-12-11-18-14-7-4-2-3-5-8-14/h6,9-10,14,18,20H,2-5,7-8,11-12H2,1H3,(H,19,21). The number of hydrogen-bond acceptors (Lipinski definition) is 3. The number of rotatable bonds is 5. The van der Waals surface area contributed by atoms with E-state index in [1.807, 2.05) is 0 Å². The van der Waals surface area contributed by atoms with Crippen molar-refractivity contribution in [2.45, 2.75) is 51.5 Å². The summed E-state index contributed by atoms with van der Waals surface area (Å²) in [6, 6.07) is 5.64. The molecule has 3 N–H and O–H groups in total. The molecule has 1 fully saturated rings. The summed E-state index contributed by atoms with van der Waals surface area (Å²) in [6.45, 7) is 3.17. The molecule has 2 rings (SSSR count). The molecule has 1 aliphatic carbocycles. The Morgan fingerprint density at radius 1 is 1.19 bits per heavy atom. The zero-order valence-electron chi connectivity index (χ0n) is 12.8. The molecule has 0 aromatic heterocycles. The van der Waals surface area contributed by atoms with Gasteiger partial charge in [-0.25, -0.2) is 0 Å². The highest BCUT2D eigenvalue weighted by atomic mass is 16.3. The lowest BCUT2D eigenvalue weighted by molar-refractivity contribution is 0.0952. The van der Waals surface area contributed by atoms with Crippen molar-refractivity contribution < 1.29 is 9.90 Å². The van der Waals surface area contributed by atoms with Crippen LogP contribution in [0.2, 0.25) is 0 Å². The predicted octanol–water partition coefficient (Wildman–Crippen LogP) is 2.74. The number of nitrogens with one attached hydrogen (secondary N) is 2. The number of phenols is 1. The van der Waals surface area contributed by atoms with Crippen LogP contribution in [0.4, 0.5) is 0 Å². The maximum atomic E-state index is 12.1. The van der Waals surface area contributed by atoms with Crippen molar-refractivity contribution in [3.63, 3.8) is 0 Å². The van der Waals surface area contributed by atoms with Gasteiger partial charge in [0.05, 0.1) is 0 Å². The molecule has 1 aromatic rings. The fourth-order valence-corrected chi connectivity index (χ4v) is 2.90. The zero-order chi connectivity index (χ0) is 15.1. The monoisotopic (exact) mass is 290 g/mol. The molecule has 1 saturated carbocycles. The van der Waals surface area contributed by atoms with Gasteiger partial charge < -0.3 is 15.7 Å². The van der Waals surface area contributed by atoms with E-state index in [1.54, 1.807) is 25.1 Å². The van der Waals surface area contributed by atoms with E-state index in [0.29, 0.717) is 23.7 Å². The molecule has 1 aliphatic rings. The van der Waals surface area contributed by atoms with Crippen molar-refractivity contribution in [2.75, 3.05) is 13.1 Å². The lowest BCUT2D eigenvalue weighted by Crippen LogP contribution is -2.37.